The molecule has 2 aromatic rings. The van der Waals surface area contributed by atoms with Gasteiger partial charge in [0.15, 0.2) is 0 Å². The van der Waals surface area contributed by atoms with E-state index >= 15 is 0 Å². The molecule has 0 atom stereocenters. The van der Waals surface area contributed by atoms with Gasteiger partial charge in [0.05, 0.1) is 18.8 Å². The Kier molecular flexibility index (Phi) is 5.12. The van der Waals surface area contributed by atoms with Gasteiger partial charge in [0, 0.05) is 0 Å². The van der Waals surface area contributed by atoms with Crippen LogP contribution in [0.25, 0.3) is 11.1 Å². The van der Waals surface area contributed by atoms with E-state index in [0.717, 1.165) is 16.7 Å². The zero-order chi connectivity index (χ0) is 15.3. The smallest absolute Gasteiger partial charge is 0.0708 e. The Bertz CT molecular complexity index is 545. The van der Waals surface area contributed by atoms with E-state index in [1.54, 1.807) is 0 Å². The van der Waals surface area contributed by atoms with Crippen LogP contribution in [0.3, 0.4) is 0 Å². The Balaban J connectivity index is 2.19. The van der Waals surface area contributed by atoms with Gasteiger partial charge in [-0.3, -0.25) is 4.90 Å². The van der Waals surface area contributed by atoms with Crippen molar-refractivity contribution in [3.63, 3.8) is 0 Å². The Morgan fingerprint density at radius 3 is 1.90 bits per heavy atom. The fourth-order valence-corrected chi connectivity index (χ4v) is 2.38. The van der Waals surface area contributed by atoms with Gasteiger partial charge < -0.3 is 10.2 Å². The molecule has 0 bridgehead atoms. The van der Waals surface area contributed by atoms with Crippen LogP contribution >= 0.6 is 0 Å². The molecule has 0 aliphatic carbocycles. The first-order chi connectivity index (χ1) is 10.1. The van der Waals surface area contributed by atoms with Gasteiger partial charge in [-0.25, -0.2) is 0 Å². The van der Waals surface area contributed by atoms with Gasteiger partial charge in [-0.1, -0.05) is 48.5 Å². The molecule has 1 radical (unpaired) electrons. The summed E-state index contributed by atoms with van der Waals surface area (Å²) in [5.74, 6) is 0. The third-order valence-corrected chi connectivity index (χ3v) is 4.08. The van der Waals surface area contributed by atoms with Crippen molar-refractivity contribution < 1.29 is 10.2 Å². The van der Waals surface area contributed by atoms with E-state index in [2.05, 4.69) is 30.3 Å². The number of aliphatic hydroxyl groups excluding tert-OH is 2. The summed E-state index contributed by atoms with van der Waals surface area (Å²) in [6.45, 7) is -0.153. The van der Waals surface area contributed by atoms with Crippen LogP contribution in [0.5, 0.6) is 0 Å². The van der Waals surface area contributed by atoms with Crippen LogP contribution in [0.1, 0.15) is 5.56 Å². The van der Waals surface area contributed by atoms with Gasteiger partial charge in [0.25, 0.3) is 0 Å². The number of hydrogen-bond acceptors (Lipinski definition) is 3. The van der Waals surface area contributed by atoms with Crippen molar-refractivity contribution in [1.29, 1.82) is 0 Å². The summed E-state index contributed by atoms with van der Waals surface area (Å²) in [5.41, 5.74) is 2.78. The second kappa shape index (κ2) is 6.85. The summed E-state index contributed by atoms with van der Waals surface area (Å²) >= 11 is 0. The molecule has 21 heavy (non-hydrogen) atoms. The Labute approximate surface area is 126 Å². The Morgan fingerprint density at radius 1 is 0.905 bits per heavy atom. The largest absolute Gasteiger partial charge is 0.394 e. The molecular weight excluding hydrogens is 262 g/mol. The predicted molar refractivity (Wildman–Crippen MR) is 85.0 cm³/mol. The molecule has 2 rings (SSSR count). The van der Waals surface area contributed by atoms with Crippen molar-refractivity contribution in [3.8, 4) is 11.1 Å². The molecular formula is C18H22NO2. The summed E-state index contributed by atoms with van der Waals surface area (Å²) in [6, 6.07) is 19.1. The lowest BCUT2D eigenvalue weighted by atomic mass is 9.90. The molecule has 0 heterocycles. The van der Waals surface area contributed by atoms with Gasteiger partial charge in [0.1, 0.15) is 0 Å². The van der Waals surface area contributed by atoms with Crippen molar-refractivity contribution in [2.45, 2.75) is 12.0 Å². The number of rotatable bonds is 6. The van der Waals surface area contributed by atoms with Crippen molar-refractivity contribution >= 4 is 0 Å². The third-order valence-electron chi connectivity index (χ3n) is 4.08. The lowest BCUT2D eigenvalue weighted by Gasteiger charge is -2.36. The molecule has 0 aliphatic rings. The quantitative estimate of drug-likeness (QED) is 0.852. The molecule has 0 unspecified atom stereocenters. The maximum Gasteiger partial charge on any atom is 0.0708 e. The summed E-state index contributed by atoms with van der Waals surface area (Å²) < 4.78 is 0. The second-order valence-corrected chi connectivity index (χ2v) is 5.60. The van der Waals surface area contributed by atoms with Gasteiger partial charge >= 0.3 is 0 Å². The zero-order valence-electron chi connectivity index (χ0n) is 12.6. The molecule has 2 N–H and O–H groups in total. The highest BCUT2D eigenvalue weighted by Gasteiger charge is 2.31. The highest BCUT2D eigenvalue weighted by molar-refractivity contribution is 5.63. The molecule has 0 aliphatic heterocycles. The first kappa shape index (κ1) is 15.7. The molecule has 0 saturated heterocycles. The highest BCUT2D eigenvalue weighted by Crippen LogP contribution is 2.22. The number of nitrogens with zero attached hydrogens (tertiary/aromatic N) is 1. The maximum atomic E-state index is 9.64. The molecule has 2 aromatic carbocycles. The van der Waals surface area contributed by atoms with Gasteiger partial charge in [-0.05, 0) is 43.3 Å². The monoisotopic (exact) mass is 284 g/mol. The molecule has 111 valence electrons. The normalized spacial score (nSPS) is 11.9. The van der Waals surface area contributed by atoms with Crippen molar-refractivity contribution in [2.75, 3.05) is 27.3 Å². The third kappa shape index (κ3) is 3.50. The molecule has 0 amide bonds. The summed E-state index contributed by atoms with van der Waals surface area (Å²) in [5, 5.41) is 19.3. The lowest BCUT2D eigenvalue weighted by Crippen LogP contribution is -2.52. The fourth-order valence-electron chi connectivity index (χ4n) is 2.38. The highest BCUT2D eigenvalue weighted by atomic mass is 16.3. The van der Waals surface area contributed by atoms with Gasteiger partial charge in [-0.2, -0.15) is 0 Å². The van der Waals surface area contributed by atoms with E-state index in [4.69, 9.17) is 0 Å². The summed E-state index contributed by atoms with van der Waals surface area (Å²) in [7, 11) is 3.75. The lowest BCUT2D eigenvalue weighted by molar-refractivity contribution is 0.0169. The van der Waals surface area contributed by atoms with E-state index in [9.17, 15) is 10.2 Å². The number of hydrogen-bond donors (Lipinski definition) is 2. The second-order valence-electron chi connectivity index (χ2n) is 5.60. The van der Waals surface area contributed by atoms with E-state index in [1.165, 1.54) is 0 Å². The van der Waals surface area contributed by atoms with Crippen LogP contribution in [-0.2, 0) is 6.42 Å². The molecule has 3 heteroatoms. The van der Waals surface area contributed by atoms with Crippen LogP contribution in [0.4, 0.5) is 0 Å². The molecule has 0 aromatic heterocycles. The van der Waals surface area contributed by atoms with E-state index in [1.807, 2.05) is 43.3 Å². The minimum atomic E-state index is -0.622. The van der Waals surface area contributed by atoms with Crippen molar-refractivity contribution in [2.24, 2.45) is 0 Å². The van der Waals surface area contributed by atoms with Crippen LogP contribution in [-0.4, -0.2) is 48.0 Å². The molecule has 0 spiro atoms. The minimum absolute atomic E-state index is 0.0766. The van der Waals surface area contributed by atoms with Crippen LogP contribution in [0.15, 0.2) is 48.5 Å². The molecule has 3 nitrogen and oxygen atoms in total. The Morgan fingerprint density at radius 2 is 1.43 bits per heavy atom. The first-order valence-corrected chi connectivity index (χ1v) is 7.06. The van der Waals surface area contributed by atoms with Gasteiger partial charge in [-0.15, -0.1) is 0 Å². The Hall–Kier alpha value is -1.68. The van der Waals surface area contributed by atoms with Crippen LogP contribution in [0.2, 0.25) is 0 Å². The minimum Gasteiger partial charge on any atom is -0.394 e. The first-order valence-electron chi connectivity index (χ1n) is 7.06. The van der Waals surface area contributed by atoms with E-state index in [0.29, 0.717) is 6.42 Å². The number of benzene rings is 2. The topological polar surface area (TPSA) is 43.7 Å². The van der Waals surface area contributed by atoms with Crippen molar-refractivity contribution in [1.82, 2.24) is 4.90 Å². The van der Waals surface area contributed by atoms with Crippen LogP contribution in [0, 0.1) is 6.07 Å². The van der Waals surface area contributed by atoms with E-state index < -0.39 is 5.54 Å². The predicted octanol–water partition coefficient (Wildman–Crippen LogP) is 1.98. The standard InChI is InChI=1S/C18H22NO2/c1-19(2)18(13-20,14-21)12-15-8-10-17(11-9-15)16-6-4-3-5-7-16/h4-11,20-21H,12-14H2,1-2H3. The molecule has 0 fully saturated rings. The summed E-state index contributed by atoms with van der Waals surface area (Å²) in [6.07, 6.45) is 0.607. The average Bonchev–Trinajstić information content (AvgIpc) is 2.54. The fraction of sp³-hybridized carbons (Fsp3) is 0.333. The van der Waals surface area contributed by atoms with E-state index in [-0.39, 0.29) is 13.2 Å². The van der Waals surface area contributed by atoms with Gasteiger partial charge in [0.2, 0.25) is 0 Å². The maximum absolute atomic E-state index is 9.64. The number of likely N-dealkylation sites (N-methyl/N-ethyl adjacent to an activating group) is 1. The average molecular weight is 284 g/mol. The van der Waals surface area contributed by atoms with Crippen molar-refractivity contribution in [3.05, 3.63) is 60.2 Å². The van der Waals surface area contributed by atoms with Crippen LogP contribution < -0.4 is 0 Å². The molecule has 0 saturated carbocycles. The SMILES string of the molecule is CN(C)C(CO)(CO)Cc1ccc(-c2cc[c]cc2)cc1. The number of aliphatic hydroxyl groups is 2. The zero-order valence-corrected chi connectivity index (χ0v) is 12.6. The summed E-state index contributed by atoms with van der Waals surface area (Å²) in [4.78, 5) is 1.88.